The van der Waals surface area contributed by atoms with Gasteiger partial charge in [0.25, 0.3) is 0 Å². The van der Waals surface area contributed by atoms with E-state index in [0.29, 0.717) is 5.28 Å². The van der Waals surface area contributed by atoms with Crippen molar-refractivity contribution in [3.8, 4) is 0 Å². The van der Waals surface area contributed by atoms with E-state index in [1.165, 1.54) is 17.1 Å². The van der Waals surface area contributed by atoms with Crippen molar-refractivity contribution >= 4 is 34.5 Å². The zero-order valence-corrected chi connectivity index (χ0v) is 8.42. The van der Waals surface area contributed by atoms with Gasteiger partial charge in [0.1, 0.15) is 5.01 Å². The molecule has 2 aromatic rings. The molecule has 62 valence electrons. The van der Waals surface area contributed by atoms with Crippen LogP contribution in [0.5, 0.6) is 0 Å². The fourth-order valence-corrected chi connectivity index (χ4v) is 2.38. The number of hydrogen-bond acceptors (Lipinski definition) is 4. The standard InChI is InChI=1S/C7H5ClN2S2/c8-7-9-6(12-10-7)3-5-1-2-11-4-5/h1-2,4H,3H2. The molecule has 2 heterocycles. The van der Waals surface area contributed by atoms with Crippen LogP contribution in [0.25, 0.3) is 0 Å². The summed E-state index contributed by atoms with van der Waals surface area (Å²) in [6.45, 7) is 0. The van der Waals surface area contributed by atoms with E-state index in [0.717, 1.165) is 11.4 Å². The Bertz CT molecular complexity index is 355. The molecular weight excluding hydrogens is 212 g/mol. The molecule has 0 saturated carbocycles. The highest BCUT2D eigenvalue weighted by Crippen LogP contribution is 2.15. The Labute approximate surface area is 83.0 Å². The van der Waals surface area contributed by atoms with Gasteiger partial charge in [0.15, 0.2) is 0 Å². The molecule has 0 aliphatic rings. The topological polar surface area (TPSA) is 25.8 Å². The molecule has 0 spiro atoms. The minimum atomic E-state index is 0.352. The summed E-state index contributed by atoms with van der Waals surface area (Å²) in [5.74, 6) is 0. The third kappa shape index (κ3) is 1.83. The first-order valence-electron chi connectivity index (χ1n) is 3.34. The lowest BCUT2D eigenvalue weighted by atomic mass is 10.2. The number of thiophene rings is 1. The van der Waals surface area contributed by atoms with Crippen LogP contribution < -0.4 is 0 Å². The van der Waals surface area contributed by atoms with E-state index in [9.17, 15) is 0 Å². The Kier molecular flexibility index (Phi) is 2.39. The predicted molar refractivity (Wildman–Crippen MR) is 52.0 cm³/mol. The van der Waals surface area contributed by atoms with E-state index >= 15 is 0 Å². The normalized spacial score (nSPS) is 10.4. The Hall–Kier alpha value is -0.450. The van der Waals surface area contributed by atoms with Gasteiger partial charge in [-0.3, -0.25) is 0 Å². The zero-order chi connectivity index (χ0) is 8.39. The average molecular weight is 217 g/mol. The average Bonchev–Trinajstić information content (AvgIpc) is 2.63. The number of aromatic nitrogens is 2. The first-order valence-corrected chi connectivity index (χ1v) is 5.43. The van der Waals surface area contributed by atoms with Crippen molar-refractivity contribution in [1.82, 2.24) is 9.36 Å². The monoisotopic (exact) mass is 216 g/mol. The minimum Gasteiger partial charge on any atom is -0.209 e. The van der Waals surface area contributed by atoms with Crippen LogP contribution in [0, 0.1) is 0 Å². The molecule has 0 atom stereocenters. The first kappa shape index (κ1) is 8.16. The SMILES string of the molecule is Clc1nsc(Cc2ccsc2)n1. The minimum absolute atomic E-state index is 0.352. The molecule has 0 radical (unpaired) electrons. The molecule has 2 rings (SSSR count). The van der Waals surface area contributed by atoms with E-state index in [4.69, 9.17) is 11.6 Å². The van der Waals surface area contributed by atoms with Crippen molar-refractivity contribution in [3.63, 3.8) is 0 Å². The molecule has 0 fully saturated rings. The quantitative estimate of drug-likeness (QED) is 0.772. The lowest BCUT2D eigenvalue weighted by Gasteiger charge is -1.88. The second kappa shape index (κ2) is 3.51. The number of hydrogen-bond donors (Lipinski definition) is 0. The Morgan fingerprint density at radius 1 is 1.50 bits per heavy atom. The summed E-state index contributed by atoms with van der Waals surface area (Å²) in [6, 6.07) is 2.08. The van der Waals surface area contributed by atoms with Crippen LogP contribution in [0.1, 0.15) is 10.6 Å². The summed E-state index contributed by atoms with van der Waals surface area (Å²) in [7, 11) is 0. The lowest BCUT2D eigenvalue weighted by Crippen LogP contribution is -1.82. The maximum atomic E-state index is 5.59. The highest BCUT2D eigenvalue weighted by atomic mass is 35.5. The van der Waals surface area contributed by atoms with Crippen molar-refractivity contribution < 1.29 is 0 Å². The molecule has 0 aliphatic heterocycles. The molecule has 12 heavy (non-hydrogen) atoms. The Morgan fingerprint density at radius 2 is 2.42 bits per heavy atom. The van der Waals surface area contributed by atoms with Crippen LogP contribution in [0.2, 0.25) is 5.28 Å². The molecule has 2 aromatic heterocycles. The van der Waals surface area contributed by atoms with Gasteiger partial charge in [0, 0.05) is 6.42 Å². The van der Waals surface area contributed by atoms with Gasteiger partial charge in [-0.05, 0) is 45.5 Å². The lowest BCUT2D eigenvalue weighted by molar-refractivity contribution is 1.14. The second-order valence-corrected chi connectivity index (χ2v) is 4.22. The number of halogens is 1. The van der Waals surface area contributed by atoms with Crippen LogP contribution in [-0.2, 0) is 6.42 Å². The van der Waals surface area contributed by atoms with Crippen molar-refractivity contribution in [2.75, 3.05) is 0 Å². The van der Waals surface area contributed by atoms with Gasteiger partial charge >= 0.3 is 0 Å². The summed E-state index contributed by atoms with van der Waals surface area (Å²) in [6.07, 6.45) is 0.841. The van der Waals surface area contributed by atoms with Crippen molar-refractivity contribution in [3.05, 3.63) is 32.7 Å². The molecule has 0 aliphatic carbocycles. The van der Waals surface area contributed by atoms with E-state index < -0.39 is 0 Å². The molecule has 0 unspecified atom stereocenters. The van der Waals surface area contributed by atoms with E-state index in [1.807, 2.05) is 0 Å². The van der Waals surface area contributed by atoms with Crippen LogP contribution >= 0.6 is 34.5 Å². The molecule has 0 saturated heterocycles. The second-order valence-electron chi connectivity index (χ2n) is 2.27. The molecular formula is C7H5ClN2S2. The summed E-state index contributed by atoms with van der Waals surface area (Å²) in [5.41, 5.74) is 1.27. The van der Waals surface area contributed by atoms with Crippen molar-refractivity contribution in [2.45, 2.75) is 6.42 Å². The highest BCUT2D eigenvalue weighted by molar-refractivity contribution is 7.08. The molecule has 0 amide bonds. The number of rotatable bonds is 2. The zero-order valence-electron chi connectivity index (χ0n) is 6.03. The fraction of sp³-hybridized carbons (Fsp3) is 0.143. The van der Waals surface area contributed by atoms with Crippen LogP contribution in [-0.4, -0.2) is 9.36 Å². The summed E-state index contributed by atoms with van der Waals surface area (Å²) < 4.78 is 3.90. The van der Waals surface area contributed by atoms with Crippen molar-refractivity contribution in [1.29, 1.82) is 0 Å². The third-order valence-electron chi connectivity index (χ3n) is 1.38. The van der Waals surface area contributed by atoms with Crippen molar-refractivity contribution in [2.24, 2.45) is 0 Å². The maximum absolute atomic E-state index is 5.59. The van der Waals surface area contributed by atoms with Crippen LogP contribution in [0.4, 0.5) is 0 Å². The Morgan fingerprint density at radius 3 is 3.00 bits per heavy atom. The van der Waals surface area contributed by atoms with Gasteiger partial charge in [-0.25, -0.2) is 4.98 Å². The van der Waals surface area contributed by atoms with Gasteiger partial charge in [0.2, 0.25) is 5.28 Å². The molecule has 2 nitrogen and oxygen atoms in total. The Balaban J connectivity index is 2.14. The van der Waals surface area contributed by atoms with E-state index in [-0.39, 0.29) is 0 Å². The van der Waals surface area contributed by atoms with Gasteiger partial charge in [0.05, 0.1) is 0 Å². The summed E-state index contributed by atoms with van der Waals surface area (Å²) in [5, 5.41) is 5.48. The van der Waals surface area contributed by atoms with Crippen LogP contribution in [0.15, 0.2) is 16.8 Å². The van der Waals surface area contributed by atoms with Crippen LogP contribution in [0.3, 0.4) is 0 Å². The van der Waals surface area contributed by atoms with E-state index in [1.54, 1.807) is 11.3 Å². The van der Waals surface area contributed by atoms with Gasteiger partial charge in [-0.1, -0.05) is 0 Å². The molecule has 5 heteroatoms. The van der Waals surface area contributed by atoms with Gasteiger partial charge in [-0.2, -0.15) is 15.7 Å². The maximum Gasteiger partial charge on any atom is 0.234 e. The molecule has 0 N–H and O–H groups in total. The van der Waals surface area contributed by atoms with Gasteiger partial charge in [-0.15, -0.1) is 0 Å². The first-order chi connectivity index (χ1) is 5.84. The van der Waals surface area contributed by atoms with E-state index in [2.05, 4.69) is 26.2 Å². The number of nitrogens with zero attached hydrogens (tertiary/aromatic N) is 2. The van der Waals surface area contributed by atoms with Gasteiger partial charge < -0.3 is 0 Å². The smallest absolute Gasteiger partial charge is 0.209 e. The highest BCUT2D eigenvalue weighted by Gasteiger charge is 2.02. The summed E-state index contributed by atoms with van der Waals surface area (Å²) in [4.78, 5) is 4.06. The molecule has 0 aromatic carbocycles. The largest absolute Gasteiger partial charge is 0.234 e. The molecule has 0 bridgehead atoms. The summed E-state index contributed by atoms with van der Waals surface area (Å²) >= 11 is 8.64. The fourth-order valence-electron chi connectivity index (χ4n) is 0.874. The third-order valence-corrected chi connectivity index (χ3v) is 3.09. The predicted octanol–water partition coefficient (Wildman–Crippen LogP) is 2.84.